The molecule has 0 radical (unpaired) electrons. The SMILES string of the molecule is C=CCCOc1cc(-c2cc(C(C)=O)nnc2OC)cc2ccnn12. The maximum absolute atomic E-state index is 11.6. The monoisotopic (exact) mass is 338 g/mol. The molecule has 0 N–H and O–H groups in total. The van der Waals surface area contributed by atoms with Gasteiger partial charge in [-0.1, -0.05) is 6.08 Å². The average molecular weight is 338 g/mol. The molecule has 0 aliphatic heterocycles. The summed E-state index contributed by atoms with van der Waals surface area (Å²) in [6.45, 7) is 5.63. The van der Waals surface area contributed by atoms with E-state index in [-0.39, 0.29) is 11.5 Å². The zero-order valence-electron chi connectivity index (χ0n) is 14.1. The van der Waals surface area contributed by atoms with E-state index in [0.717, 1.165) is 17.5 Å². The first-order valence-electron chi connectivity index (χ1n) is 7.78. The third-order valence-corrected chi connectivity index (χ3v) is 3.66. The Hall–Kier alpha value is -3.22. The minimum Gasteiger partial charge on any atom is -0.479 e. The first-order chi connectivity index (χ1) is 12.1. The Bertz CT molecular complexity index is 933. The van der Waals surface area contributed by atoms with Gasteiger partial charge in [0.15, 0.2) is 5.78 Å². The lowest BCUT2D eigenvalue weighted by atomic mass is 10.1. The van der Waals surface area contributed by atoms with Gasteiger partial charge in [0.1, 0.15) is 5.69 Å². The van der Waals surface area contributed by atoms with E-state index in [9.17, 15) is 4.79 Å². The Morgan fingerprint density at radius 2 is 2.16 bits per heavy atom. The summed E-state index contributed by atoms with van der Waals surface area (Å²) >= 11 is 0. The molecule has 0 aliphatic carbocycles. The van der Waals surface area contributed by atoms with Gasteiger partial charge in [-0.2, -0.15) is 5.10 Å². The van der Waals surface area contributed by atoms with Crippen LogP contribution in [0.1, 0.15) is 23.8 Å². The highest BCUT2D eigenvalue weighted by Crippen LogP contribution is 2.32. The second-order valence-electron chi connectivity index (χ2n) is 5.38. The van der Waals surface area contributed by atoms with Gasteiger partial charge in [0, 0.05) is 18.6 Å². The third-order valence-electron chi connectivity index (χ3n) is 3.66. The lowest BCUT2D eigenvalue weighted by molar-refractivity contribution is 0.101. The Morgan fingerprint density at radius 1 is 1.32 bits per heavy atom. The van der Waals surface area contributed by atoms with Crippen molar-refractivity contribution in [2.75, 3.05) is 13.7 Å². The van der Waals surface area contributed by atoms with Gasteiger partial charge in [0.05, 0.1) is 25.4 Å². The summed E-state index contributed by atoms with van der Waals surface area (Å²) in [5.74, 6) is 0.762. The molecule has 0 amide bonds. The van der Waals surface area contributed by atoms with Gasteiger partial charge in [-0.15, -0.1) is 16.8 Å². The number of carbonyl (C=O) groups is 1. The standard InChI is InChI=1S/C18H18N4O3/c1-4-5-8-25-17-10-13(9-14-6-7-19-22(14)17)15-11-16(12(2)23)20-21-18(15)24-3/h4,6-7,9-11H,1,5,8H2,2-3H3. The predicted octanol–water partition coefficient (Wildman–Crippen LogP) is 2.96. The number of Topliss-reactive ketones (excluding diaryl/α,β-unsaturated/α-hetero) is 1. The molecule has 128 valence electrons. The maximum Gasteiger partial charge on any atom is 0.241 e. The van der Waals surface area contributed by atoms with Crippen LogP contribution >= 0.6 is 0 Å². The molecular formula is C18H18N4O3. The van der Waals surface area contributed by atoms with Gasteiger partial charge in [-0.05, 0) is 30.2 Å². The summed E-state index contributed by atoms with van der Waals surface area (Å²) in [6.07, 6.45) is 4.21. The molecule has 7 heteroatoms. The Balaban J connectivity index is 2.13. The van der Waals surface area contributed by atoms with E-state index < -0.39 is 0 Å². The van der Waals surface area contributed by atoms with Gasteiger partial charge in [-0.25, -0.2) is 4.52 Å². The van der Waals surface area contributed by atoms with Crippen molar-refractivity contribution in [1.29, 1.82) is 0 Å². The zero-order chi connectivity index (χ0) is 17.8. The number of hydrogen-bond donors (Lipinski definition) is 0. The Morgan fingerprint density at radius 3 is 2.88 bits per heavy atom. The summed E-state index contributed by atoms with van der Waals surface area (Å²) in [4.78, 5) is 11.6. The molecule has 0 saturated heterocycles. The largest absolute Gasteiger partial charge is 0.479 e. The lowest BCUT2D eigenvalue weighted by Gasteiger charge is -2.12. The van der Waals surface area contributed by atoms with Gasteiger partial charge in [0.25, 0.3) is 0 Å². The molecular weight excluding hydrogens is 320 g/mol. The highest BCUT2D eigenvalue weighted by Gasteiger charge is 2.15. The second-order valence-corrected chi connectivity index (χ2v) is 5.38. The topological polar surface area (TPSA) is 78.6 Å². The van der Waals surface area contributed by atoms with Crippen LogP contribution in [-0.2, 0) is 0 Å². The highest BCUT2D eigenvalue weighted by atomic mass is 16.5. The van der Waals surface area contributed by atoms with E-state index in [1.54, 1.807) is 22.9 Å². The van der Waals surface area contributed by atoms with Crippen molar-refractivity contribution >= 4 is 11.3 Å². The van der Waals surface area contributed by atoms with E-state index in [4.69, 9.17) is 9.47 Å². The fourth-order valence-corrected chi connectivity index (χ4v) is 2.42. The number of carbonyl (C=O) groups excluding carboxylic acids is 1. The molecule has 3 aromatic rings. The van der Waals surface area contributed by atoms with Crippen molar-refractivity contribution in [3.63, 3.8) is 0 Å². The van der Waals surface area contributed by atoms with E-state index in [1.165, 1.54) is 14.0 Å². The molecule has 25 heavy (non-hydrogen) atoms. The number of ketones is 1. The number of pyridine rings is 1. The minimum atomic E-state index is -0.163. The molecule has 0 spiro atoms. The predicted molar refractivity (Wildman–Crippen MR) is 93.1 cm³/mol. The molecule has 3 rings (SSSR count). The van der Waals surface area contributed by atoms with Crippen molar-refractivity contribution in [3.05, 3.63) is 48.8 Å². The van der Waals surface area contributed by atoms with Crippen molar-refractivity contribution in [1.82, 2.24) is 19.8 Å². The van der Waals surface area contributed by atoms with Crippen LogP contribution < -0.4 is 9.47 Å². The summed E-state index contributed by atoms with van der Waals surface area (Å²) in [7, 11) is 1.51. The number of nitrogens with zero attached hydrogens (tertiary/aromatic N) is 4. The van der Waals surface area contributed by atoms with Crippen LogP contribution in [0.3, 0.4) is 0 Å². The number of methoxy groups -OCH3 is 1. The molecule has 3 heterocycles. The zero-order valence-corrected chi connectivity index (χ0v) is 14.1. The Kier molecular flexibility index (Phi) is 4.74. The molecule has 7 nitrogen and oxygen atoms in total. The lowest BCUT2D eigenvalue weighted by Crippen LogP contribution is -2.04. The van der Waals surface area contributed by atoms with Crippen molar-refractivity contribution < 1.29 is 14.3 Å². The fourth-order valence-electron chi connectivity index (χ4n) is 2.42. The van der Waals surface area contributed by atoms with Gasteiger partial charge in [0.2, 0.25) is 11.8 Å². The van der Waals surface area contributed by atoms with Crippen LogP contribution in [0, 0.1) is 0 Å². The normalized spacial score (nSPS) is 10.6. The molecule has 0 unspecified atom stereocenters. The van der Waals surface area contributed by atoms with Gasteiger partial charge >= 0.3 is 0 Å². The number of fused-ring (bicyclic) bond motifs is 1. The van der Waals surface area contributed by atoms with Gasteiger partial charge < -0.3 is 9.47 Å². The fraction of sp³-hybridized carbons (Fsp3) is 0.222. The minimum absolute atomic E-state index is 0.163. The van der Waals surface area contributed by atoms with Crippen LogP contribution in [0.25, 0.3) is 16.6 Å². The highest BCUT2D eigenvalue weighted by molar-refractivity contribution is 5.93. The number of ether oxygens (including phenoxy) is 2. The summed E-state index contributed by atoms with van der Waals surface area (Å²) in [5.41, 5.74) is 2.60. The summed E-state index contributed by atoms with van der Waals surface area (Å²) in [6, 6.07) is 7.31. The van der Waals surface area contributed by atoms with E-state index in [1.807, 2.05) is 18.2 Å². The molecule has 0 atom stereocenters. The van der Waals surface area contributed by atoms with Crippen LogP contribution in [0.4, 0.5) is 0 Å². The van der Waals surface area contributed by atoms with E-state index >= 15 is 0 Å². The van der Waals surface area contributed by atoms with Crippen LogP contribution in [0.2, 0.25) is 0 Å². The third kappa shape index (κ3) is 3.35. The molecule has 0 aliphatic rings. The molecule has 0 aromatic carbocycles. The smallest absolute Gasteiger partial charge is 0.241 e. The van der Waals surface area contributed by atoms with Gasteiger partial charge in [-0.3, -0.25) is 4.79 Å². The number of hydrogen-bond acceptors (Lipinski definition) is 6. The van der Waals surface area contributed by atoms with Crippen LogP contribution in [0.5, 0.6) is 11.8 Å². The molecule has 0 fully saturated rings. The number of rotatable bonds is 7. The number of aromatic nitrogens is 4. The van der Waals surface area contributed by atoms with E-state index in [0.29, 0.717) is 23.9 Å². The molecule has 3 aromatic heterocycles. The second kappa shape index (κ2) is 7.12. The summed E-state index contributed by atoms with van der Waals surface area (Å²) < 4.78 is 12.8. The van der Waals surface area contributed by atoms with E-state index in [2.05, 4.69) is 21.9 Å². The molecule has 0 saturated carbocycles. The van der Waals surface area contributed by atoms with Crippen LogP contribution in [0.15, 0.2) is 43.1 Å². The average Bonchev–Trinajstić information content (AvgIpc) is 3.10. The Labute approximate surface area is 144 Å². The maximum atomic E-state index is 11.6. The molecule has 0 bridgehead atoms. The van der Waals surface area contributed by atoms with Crippen molar-refractivity contribution in [2.24, 2.45) is 0 Å². The van der Waals surface area contributed by atoms with Crippen LogP contribution in [-0.4, -0.2) is 39.3 Å². The van der Waals surface area contributed by atoms with Crippen molar-refractivity contribution in [2.45, 2.75) is 13.3 Å². The summed E-state index contributed by atoms with van der Waals surface area (Å²) in [5, 5.41) is 12.2. The quantitative estimate of drug-likeness (QED) is 0.374. The first-order valence-corrected chi connectivity index (χ1v) is 7.78. The van der Waals surface area contributed by atoms with Crippen molar-refractivity contribution in [3.8, 4) is 22.9 Å². The first kappa shape index (κ1) is 16.6.